The normalized spacial score (nSPS) is 11.4. The molecule has 1 atom stereocenters. The summed E-state index contributed by atoms with van der Waals surface area (Å²) in [6.07, 6.45) is -1.48. The van der Waals surface area contributed by atoms with Crippen LogP contribution in [0.15, 0.2) is 0 Å². The van der Waals surface area contributed by atoms with Crippen LogP contribution in [0.4, 0.5) is 9.59 Å². The van der Waals surface area contributed by atoms with Crippen LogP contribution in [0.3, 0.4) is 0 Å². The van der Waals surface area contributed by atoms with Crippen molar-refractivity contribution >= 4 is 12.3 Å². The van der Waals surface area contributed by atoms with E-state index in [2.05, 4.69) is 14.2 Å². The third-order valence-electron chi connectivity index (χ3n) is 1.38. The van der Waals surface area contributed by atoms with Crippen molar-refractivity contribution in [3.8, 4) is 0 Å². The first-order chi connectivity index (χ1) is 6.60. The molecule has 0 spiro atoms. The summed E-state index contributed by atoms with van der Waals surface area (Å²) in [5.74, 6) is 0. The Kier molecular flexibility index (Phi) is 6.26. The molecule has 0 aromatic carbocycles. The zero-order valence-electron chi connectivity index (χ0n) is 8.44. The summed E-state index contributed by atoms with van der Waals surface area (Å²) in [7, 11) is 2.44. The van der Waals surface area contributed by atoms with Crippen LogP contribution < -0.4 is 0 Å². The minimum absolute atomic E-state index is 0.130. The summed E-state index contributed by atoms with van der Waals surface area (Å²) in [6.45, 7) is 1.79. The van der Waals surface area contributed by atoms with Crippen LogP contribution in [-0.4, -0.2) is 39.2 Å². The number of carbonyl (C=O) groups excluding carboxylic acids is 2. The SMILES string of the molecule is COC(=O)OCCC(C)OC(=O)OC. The quantitative estimate of drug-likeness (QED) is 0.646. The van der Waals surface area contributed by atoms with Gasteiger partial charge in [0.2, 0.25) is 0 Å². The van der Waals surface area contributed by atoms with Gasteiger partial charge in [0.25, 0.3) is 0 Å². The molecule has 0 heterocycles. The van der Waals surface area contributed by atoms with E-state index in [1.54, 1.807) is 6.92 Å². The molecule has 0 saturated heterocycles. The van der Waals surface area contributed by atoms with Gasteiger partial charge in [0.1, 0.15) is 6.10 Å². The van der Waals surface area contributed by atoms with Crippen molar-refractivity contribution in [2.45, 2.75) is 19.4 Å². The minimum atomic E-state index is -0.754. The zero-order valence-corrected chi connectivity index (χ0v) is 8.44. The average molecular weight is 206 g/mol. The summed E-state index contributed by atoms with van der Waals surface area (Å²) < 4.78 is 17.8. The van der Waals surface area contributed by atoms with Crippen LogP contribution in [0.25, 0.3) is 0 Å². The van der Waals surface area contributed by atoms with E-state index in [0.717, 1.165) is 0 Å². The van der Waals surface area contributed by atoms with Gasteiger partial charge in [-0.05, 0) is 6.92 Å². The Morgan fingerprint density at radius 2 is 1.71 bits per heavy atom. The van der Waals surface area contributed by atoms with Crippen molar-refractivity contribution in [1.82, 2.24) is 0 Å². The topological polar surface area (TPSA) is 71.1 Å². The standard InChI is InChI=1S/C8H14O6/c1-6(14-8(10)12-3)4-5-13-7(9)11-2/h6H,4-5H2,1-3H3. The summed E-state index contributed by atoms with van der Waals surface area (Å²) in [5.41, 5.74) is 0. The van der Waals surface area contributed by atoms with Crippen LogP contribution in [-0.2, 0) is 18.9 Å². The summed E-state index contributed by atoms with van der Waals surface area (Å²) >= 11 is 0. The van der Waals surface area contributed by atoms with E-state index in [-0.39, 0.29) is 12.7 Å². The summed E-state index contributed by atoms with van der Waals surface area (Å²) in [4.78, 5) is 21.1. The van der Waals surface area contributed by atoms with E-state index in [4.69, 9.17) is 4.74 Å². The van der Waals surface area contributed by atoms with Crippen LogP contribution in [0.2, 0.25) is 0 Å². The van der Waals surface area contributed by atoms with Gasteiger partial charge in [0, 0.05) is 6.42 Å². The molecular weight excluding hydrogens is 192 g/mol. The van der Waals surface area contributed by atoms with Crippen LogP contribution >= 0.6 is 0 Å². The van der Waals surface area contributed by atoms with Gasteiger partial charge < -0.3 is 18.9 Å². The molecular formula is C8H14O6. The molecule has 0 aliphatic rings. The van der Waals surface area contributed by atoms with E-state index in [9.17, 15) is 9.59 Å². The largest absolute Gasteiger partial charge is 0.508 e. The molecule has 0 aromatic heterocycles. The number of carbonyl (C=O) groups is 2. The lowest BCUT2D eigenvalue weighted by Crippen LogP contribution is -2.17. The lowest BCUT2D eigenvalue weighted by Gasteiger charge is -2.11. The fourth-order valence-electron chi connectivity index (χ4n) is 0.638. The van der Waals surface area contributed by atoms with E-state index >= 15 is 0 Å². The Balaban J connectivity index is 3.49. The molecule has 0 aliphatic heterocycles. The van der Waals surface area contributed by atoms with Gasteiger partial charge in [-0.25, -0.2) is 9.59 Å². The molecule has 1 unspecified atom stereocenters. The maximum Gasteiger partial charge on any atom is 0.508 e. The van der Waals surface area contributed by atoms with Gasteiger partial charge in [0.05, 0.1) is 20.8 Å². The van der Waals surface area contributed by atoms with Gasteiger partial charge in [0.15, 0.2) is 0 Å². The number of methoxy groups -OCH3 is 2. The van der Waals surface area contributed by atoms with Crippen molar-refractivity contribution in [1.29, 1.82) is 0 Å². The molecule has 0 amide bonds. The minimum Gasteiger partial charge on any atom is -0.438 e. The molecule has 0 bridgehead atoms. The first kappa shape index (κ1) is 12.5. The number of hydrogen-bond donors (Lipinski definition) is 0. The first-order valence-corrected chi connectivity index (χ1v) is 4.05. The van der Waals surface area contributed by atoms with E-state index in [1.165, 1.54) is 14.2 Å². The second-order valence-electron chi connectivity index (χ2n) is 2.47. The second-order valence-corrected chi connectivity index (χ2v) is 2.47. The van der Waals surface area contributed by atoms with Crippen LogP contribution in [0.5, 0.6) is 0 Å². The number of ether oxygens (including phenoxy) is 4. The van der Waals surface area contributed by atoms with E-state index in [1.807, 2.05) is 0 Å². The van der Waals surface area contributed by atoms with Gasteiger partial charge in [-0.1, -0.05) is 0 Å². The fourth-order valence-corrected chi connectivity index (χ4v) is 0.638. The second kappa shape index (κ2) is 6.99. The highest BCUT2D eigenvalue weighted by Crippen LogP contribution is 2.00. The predicted octanol–water partition coefficient (Wildman–Crippen LogP) is 1.33. The third-order valence-corrected chi connectivity index (χ3v) is 1.38. The highest BCUT2D eigenvalue weighted by molar-refractivity contribution is 5.60. The highest BCUT2D eigenvalue weighted by Gasteiger charge is 2.10. The molecule has 0 aromatic rings. The van der Waals surface area contributed by atoms with Gasteiger partial charge in [-0.3, -0.25) is 0 Å². The van der Waals surface area contributed by atoms with Crippen LogP contribution in [0, 0.1) is 0 Å². The maximum absolute atomic E-state index is 10.6. The Morgan fingerprint density at radius 3 is 2.21 bits per heavy atom. The molecule has 82 valence electrons. The van der Waals surface area contributed by atoms with Gasteiger partial charge >= 0.3 is 12.3 Å². The number of hydrogen-bond acceptors (Lipinski definition) is 6. The molecule has 0 N–H and O–H groups in total. The predicted molar refractivity (Wildman–Crippen MR) is 45.9 cm³/mol. The molecule has 0 saturated carbocycles. The smallest absolute Gasteiger partial charge is 0.438 e. The Hall–Kier alpha value is -1.46. The fraction of sp³-hybridized carbons (Fsp3) is 0.750. The molecule has 0 rings (SSSR count). The lowest BCUT2D eigenvalue weighted by atomic mass is 10.3. The average Bonchev–Trinajstić information content (AvgIpc) is 2.17. The van der Waals surface area contributed by atoms with Gasteiger partial charge in [-0.2, -0.15) is 0 Å². The summed E-state index contributed by atoms with van der Waals surface area (Å²) in [5, 5.41) is 0. The molecule has 6 heteroatoms. The zero-order chi connectivity index (χ0) is 11.0. The van der Waals surface area contributed by atoms with Crippen molar-refractivity contribution in [2.75, 3.05) is 20.8 Å². The Morgan fingerprint density at radius 1 is 1.14 bits per heavy atom. The highest BCUT2D eigenvalue weighted by atomic mass is 16.7. The molecule has 6 nitrogen and oxygen atoms in total. The maximum atomic E-state index is 10.6. The van der Waals surface area contributed by atoms with Crippen LogP contribution in [0.1, 0.15) is 13.3 Å². The molecule has 14 heavy (non-hydrogen) atoms. The number of rotatable bonds is 4. The van der Waals surface area contributed by atoms with Gasteiger partial charge in [-0.15, -0.1) is 0 Å². The molecule has 0 radical (unpaired) electrons. The van der Waals surface area contributed by atoms with Crippen molar-refractivity contribution in [3.63, 3.8) is 0 Å². The van der Waals surface area contributed by atoms with E-state index < -0.39 is 12.3 Å². The monoisotopic (exact) mass is 206 g/mol. The Bertz CT molecular complexity index is 190. The van der Waals surface area contributed by atoms with Crippen molar-refractivity contribution < 1.29 is 28.5 Å². The Labute approximate surface area is 82.1 Å². The lowest BCUT2D eigenvalue weighted by molar-refractivity contribution is 0.0253. The first-order valence-electron chi connectivity index (χ1n) is 4.05. The molecule has 0 fully saturated rings. The summed E-state index contributed by atoms with van der Waals surface area (Å²) in [6, 6.07) is 0. The van der Waals surface area contributed by atoms with Crippen molar-refractivity contribution in [3.05, 3.63) is 0 Å². The molecule has 0 aliphatic carbocycles. The van der Waals surface area contributed by atoms with Crippen molar-refractivity contribution in [2.24, 2.45) is 0 Å². The van der Waals surface area contributed by atoms with E-state index in [0.29, 0.717) is 6.42 Å². The third kappa shape index (κ3) is 6.10.